The Morgan fingerprint density at radius 2 is 1.83 bits per heavy atom. The maximum absolute atomic E-state index is 4.07. The summed E-state index contributed by atoms with van der Waals surface area (Å²) in [6.45, 7) is 15.5. The Kier molecular flexibility index (Phi) is 4.59. The first-order valence-electron chi connectivity index (χ1n) is 5.04. The van der Waals surface area contributed by atoms with E-state index in [-0.39, 0.29) is 0 Å². The van der Waals surface area contributed by atoms with Crippen molar-refractivity contribution >= 4 is 0 Å². The van der Waals surface area contributed by atoms with Gasteiger partial charge < -0.3 is 0 Å². The van der Waals surface area contributed by atoms with Crippen LogP contribution in [0.5, 0.6) is 0 Å². The number of hydrogen-bond acceptors (Lipinski definition) is 0. The summed E-state index contributed by atoms with van der Waals surface area (Å²) in [6.07, 6.45) is 3.72. The van der Waals surface area contributed by atoms with Crippen molar-refractivity contribution in [2.75, 3.05) is 0 Å². The third-order valence-electron chi connectivity index (χ3n) is 2.48. The van der Waals surface area contributed by atoms with E-state index in [0.29, 0.717) is 11.3 Å². The molecule has 0 nitrogen and oxygen atoms in total. The van der Waals surface area contributed by atoms with E-state index in [4.69, 9.17) is 0 Å². The van der Waals surface area contributed by atoms with Crippen LogP contribution in [-0.4, -0.2) is 0 Å². The Morgan fingerprint density at radius 1 is 1.33 bits per heavy atom. The summed E-state index contributed by atoms with van der Waals surface area (Å²) in [5.41, 5.74) is 1.88. The third kappa shape index (κ3) is 5.40. The second-order valence-corrected chi connectivity index (χ2v) is 5.01. The molecule has 0 aliphatic rings. The van der Waals surface area contributed by atoms with E-state index >= 15 is 0 Å². The van der Waals surface area contributed by atoms with Crippen LogP contribution in [0.15, 0.2) is 12.2 Å². The van der Waals surface area contributed by atoms with Gasteiger partial charge in [0.15, 0.2) is 0 Å². The van der Waals surface area contributed by atoms with Gasteiger partial charge in [-0.25, -0.2) is 0 Å². The summed E-state index contributed by atoms with van der Waals surface area (Å²) in [6, 6.07) is 0. The van der Waals surface area contributed by atoms with Crippen molar-refractivity contribution < 1.29 is 0 Å². The molecular weight excluding hydrogens is 144 g/mol. The monoisotopic (exact) mass is 168 g/mol. The molecule has 0 fully saturated rings. The summed E-state index contributed by atoms with van der Waals surface area (Å²) in [4.78, 5) is 0. The molecule has 0 heteroatoms. The number of rotatable bonds is 4. The maximum Gasteiger partial charge on any atom is -0.0234 e. The minimum absolute atomic E-state index is 0.474. The van der Waals surface area contributed by atoms with Gasteiger partial charge in [0.25, 0.3) is 0 Å². The largest absolute Gasteiger partial charge is 0.0996 e. The summed E-state index contributed by atoms with van der Waals surface area (Å²) in [7, 11) is 0. The van der Waals surface area contributed by atoms with E-state index in [0.717, 1.165) is 6.42 Å². The van der Waals surface area contributed by atoms with Gasteiger partial charge in [0.1, 0.15) is 0 Å². The zero-order valence-corrected chi connectivity index (χ0v) is 9.41. The summed E-state index contributed by atoms with van der Waals surface area (Å²) in [5, 5.41) is 0. The zero-order valence-electron chi connectivity index (χ0n) is 9.41. The third-order valence-corrected chi connectivity index (χ3v) is 2.48. The van der Waals surface area contributed by atoms with E-state index in [1.807, 2.05) is 0 Å². The number of hydrogen-bond donors (Lipinski definition) is 0. The highest BCUT2D eigenvalue weighted by atomic mass is 14.2. The molecule has 72 valence electrons. The first-order chi connectivity index (χ1) is 5.37. The lowest BCUT2D eigenvalue weighted by atomic mass is 9.85. The van der Waals surface area contributed by atoms with Gasteiger partial charge in [-0.3, -0.25) is 0 Å². The molecule has 0 aliphatic carbocycles. The Hall–Kier alpha value is -0.260. The van der Waals surface area contributed by atoms with Gasteiger partial charge in [-0.1, -0.05) is 46.8 Å². The molecule has 0 N–H and O–H groups in total. The normalized spacial score (nSPS) is 14.4. The molecular formula is C12H24. The van der Waals surface area contributed by atoms with Crippen LogP contribution in [0.4, 0.5) is 0 Å². The fourth-order valence-corrected chi connectivity index (χ4v) is 1.20. The SMILES string of the molecule is C=C(CC)C(C)CCC(C)(C)C. The van der Waals surface area contributed by atoms with E-state index in [9.17, 15) is 0 Å². The minimum atomic E-state index is 0.474. The lowest BCUT2D eigenvalue weighted by molar-refractivity contribution is 0.342. The maximum atomic E-state index is 4.07. The predicted molar refractivity (Wildman–Crippen MR) is 57.3 cm³/mol. The first kappa shape index (κ1) is 11.7. The van der Waals surface area contributed by atoms with Crippen molar-refractivity contribution in [1.29, 1.82) is 0 Å². The second-order valence-electron chi connectivity index (χ2n) is 5.01. The van der Waals surface area contributed by atoms with Gasteiger partial charge in [-0.15, -0.1) is 0 Å². The fraction of sp³-hybridized carbons (Fsp3) is 0.833. The van der Waals surface area contributed by atoms with Gasteiger partial charge in [0, 0.05) is 0 Å². The highest BCUT2D eigenvalue weighted by Gasteiger charge is 2.13. The average molecular weight is 168 g/mol. The van der Waals surface area contributed by atoms with Crippen LogP contribution in [0.3, 0.4) is 0 Å². The summed E-state index contributed by atoms with van der Waals surface area (Å²) in [5.74, 6) is 0.703. The molecule has 0 aromatic carbocycles. The molecule has 0 aliphatic heterocycles. The Labute approximate surface area is 78.1 Å². The van der Waals surface area contributed by atoms with Crippen LogP contribution in [-0.2, 0) is 0 Å². The van der Waals surface area contributed by atoms with E-state index in [1.165, 1.54) is 18.4 Å². The molecule has 12 heavy (non-hydrogen) atoms. The van der Waals surface area contributed by atoms with Gasteiger partial charge in [0.05, 0.1) is 0 Å². The van der Waals surface area contributed by atoms with E-state index in [2.05, 4.69) is 41.2 Å². The van der Waals surface area contributed by atoms with Gasteiger partial charge in [0.2, 0.25) is 0 Å². The average Bonchev–Trinajstić information content (AvgIpc) is 1.97. The van der Waals surface area contributed by atoms with Gasteiger partial charge in [-0.2, -0.15) is 0 Å². The van der Waals surface area contributed by atoms with Crippen molar-refractivity contribution in [3.63, 3.8) is 0 Å². The molecule has 0 bridgehead atoms. The fourth-order valence-electron chi connectivity index (χ4n) is 1.20. The molecule has 0 amide bonds. The molecule has 0 radical (unpaired) electrons. The molecule has 0 rings (SSSR count). The minimum Gasteiger partial charge on any atom is -0.0996 e. The molecule has 0 saturated heterocycles. The molecule has 1 unspecified atom stereocenters. The molecule has 0 saturated carbocycles. The molecule has 0 heterocycles. The molecule has 0 spiro atoms. The standard InChI is InChI=1S/C12H24/c1-7-10(2)11(3)8-9-12(4,5)6/h11H,2,7-9H2,1,3-6H3. The van der Waals surface area contributed by atoms with Crippen molar-refractivity contribution in [2.24, 2.45) is 11.3 Å². The molecule has 0 aromatic rings. The van der Waals surface area contributed by atoms with Crippen LogP contribution >= 0.6 is 0 Å². The first-order valence-corrected chi connectivity index (χ1v) is 5.04. The predicted octanol–water partition coefficient (Wildman–Crippen LogP) is 4.42. The van der Waals surface area contributed by atoms with Crippen molar-refractivity contribution in [1.82, 2.24) is 0 Å². The second kappa shape index (κ2) is 4.69. The zero-order chi connectivity index (χ0) is 9.78. The smallest absolute Gasteiger partial charge is 0.0234 e. The summed E-state index contributed by atoms with van der Waals surface area (Å²) >= 11 is 0. The highest BCUT2D eigenvalue weighted by molar-refractivity contribution is 4.97. The lowest BCUT2D eigenvalue weighted by Gasteiger charge is -2.21. The Morgan fingerprint density at radius 3 is 2.17 bits per heavy atom. The number of allylic oxidation sites excluding steroid dienone is 1. The van der Waals surface area contributed by atoms with Crippen molar-refractivity contribution in [2.45, 2.75) is 53.9 Å². The van der Waals surface area contributed by atoms with E-state index in [1.54, 1.807) is 0 Å². The van der Waals surface area contributed by atoms with Crippen molar-refractivity contribution in [3.8, 4) is 0 Å². The van der Waals surface area contributed by atoms with Gasteiger partial charge in [-0.05, 0) is 30.6 Å². The van der Waals surface area contributed by atoms with Crippen LogP contribution in [0.2, 0.25) is 0 Å². The van der Waals surface area contributed by atoms with E-state index < -0.39 is 0 Å². The lowest BCUT2D eigenvalue weighted by Crippen LogP contribution is -2.08. The van der Waals surface area contributed by atoms with Crippen LogP contribution in [0, 0.1) is 11.3 Å². The quantitative estimate of drug-likeness (QED) is 0.545. The Balaban J connectivity index is 3.72. The molecule has 1 atom stereocenters. The summed E-state index contributed by atoms with van der Waals surface area (Å²) < 4.78 is 0. The Bertz CT molecular complexity index is 137. The van der Waals surface area contributed by atoms with Crippen molar-refractivity contribution in [3.05, 3.63) is 12.2 Å². The van der Waals surface area contributed by atoms with Crippen LogP contribution in [0.1, 0.15) is 53.9 Å². The molecule has 0 aromatic heterocycles. The topological polar surface area (TPSA) is 0 Å². The van der Waals surface area contributed by atoms with Crippen LogP contribution < -0.4 is 0 Å². The van der Waals surface area contributed by atoms with Crippen LogP contribution in [0.25, 0.3) is 0 Å². The van der Waals surface area contributed by atoms with Gasteiger partial charge >= 0.3 is 0 Å². The highest BCUT2D eigenvalue weighted by Crippen LogP contribution is 2.26.